The summed E-state index contributed by atoms with van der Waals surface area (Å²) in [4.78, 5) is 0. The Morgan fingerprint density at radius 2 is 1.75 bits per heavy atom. The van der Waals surface area contributed by atoms with Crippen molar-refractivity contribution in [2.75, 3.05) is 19.6 Å². The highest BCUT2D eigenvalue weighted by molar-refractivity contribution is 4.87. The maximum atomic E-state index is 6.08. The van der Waals surface area contributed by atoms with E-state index in [2.05, 4.69) is 36.7 Å². The summed E-state index contributed by atoms with van der Waals surface area (Å²) >= 11 is 0. The Hall–Kier alpha value is -0.160. The maximum absolute atomic E-state index is 6.08. The van der Waals surface area contributed by atoms with Crippen molar-refractivity contribution in [3.8, 4) is 0 Å². The van der Waals surface area contributed by atoms with Gasteiger partial charge in [-0.1, -0.05) is 27.2 Å². The Balaban J connectivity index is 1.52. The fraction of sp³-hybridized carbons (Fsp3) is 1.00. The average molecular weight is 339 g/mol. The Labute approximate surface area is 150 Å². The number of nitrogens with one attached hydrogen (secondary N) is 3. The summed E-state index contributed by atoms with van der Waals surface area (Å²) in [6, 6.07) is 2.49. The summed E-state index contributed by atoms with van der Waals surface area (Å²) in [5.74, 6) is 1.59. The van der Waals surface area contributed by atoms with Crippen LogP contribution in [0.1, 0.15) is 72.1 Å². The molecule has 1 saturated carbocycles. The van der Waals surface area contributed by atoms with Crippen LogP contribution in [0, 0.1) is 11.8 Å². The molecule has 1 saturated heterocycles. The van der Waals surface area contributed by atoms with Crippen LogP contribution in [0.15, 0.2) is 0 Å². The van der Waals surface area contributed by atoms with Gasteiger partial charge in [0.25, 0.3) is 0 Å². The monoisotopic (exact) mass is 338 g/mol. The molecule has 1 heterocycles. The third kappa shape index (κ3) is 7.81. The molecule has 2 aliphatic rings. The topological polar surface area (TPSA) is 62.1 Å². The van der Waals surface area contributed by atoms with Crippen LogP contribution in [0.4, 0.5) is 0 Å². The van der Waals surface area contributed by atoms with Gasteiger partial charge in [0, 0.05) is 30.7 Å². The lowest BCUT2D eigenvalue weighted by Crippen LogP contribution is -2.40. The van der Waals surface area contributed by atoms with Crippen LogP contribution in [0.5, 0.6) is 0 Å². The van der Waals surface area contributed by atoms with Crippen LogP contribution in [-0.4, -0.2) is 43.8 Å². The first kappa shape index (κ1) is 20.2. The summed E-state index contributed by atoms with van der Waals surface area (Å²) in [5, 5.41) is 11.2. The van der Waals surface area contributed by atoms with Crippen molar-refractivity contribution < 1.29 is 0 Å². The predicted molar refractivity (Wildman–Crippen MR) is 104 cm³/mol. The van der Waals surface area contributed by atoms with Gasteiger partial charge in [-0.05, 0) is 69.9 Å². The molecule has 4 heteroatoms. The summed E-state index contributed by atoms with van der Waals surface area (Å²) in [5.41, 5.74) is 6.08. The first-order valence-electron chi connectivity index (χ1n) is 10.5. The molecule has 0 radical (unpaired) electrons. The minimum absolute atomic E-state index is 0.427. The molecule has 0 aromatic rings. The van der Waals surface area contributed by atoms with E-state index in [1.807, 2.05) is 0 Å². The number of nitrogens with two attached hydrogens (primary N) is 1. The maximum Gasteiger partial charge on any atom is 0.0207 e. The van der Waals surface area contributed by atoms with Crippen molar-refractivity contribution in [2.45, 2.75) is 96.3 Å². The molecular weight excluding hydrogens is 296 g/mol. The van der Waals surface area contributed by atoms with E-state index in [-0.39, 0.29) is 0 Å². The van der Waals surface area contributed by atoms with E-state index < -0.39 is 0 Å². The predicted octanol–water partition coefficient (Wildman–Crippen LogP) is 2.63. The van der Waals surface area contributed by atoms with E-state index in [0.717, 1.165) is 24.9 Å². The zero-order valence-electron chi connectivity index (χ0n) is 16.3. The second-order valence-electron chi connectivity index (χ2n) is 8.88. The van der Waals surface area contributed by atoms with Crippen LogP contribution in [-0.2, 0) is 0 Å². The first-order valence-corrected chi connectivity index (χ1v) is 10.5. The minimum Gasteiger partial charge on any atom is -0.328 e. The van der Waals surface area contributed by atoms with Gasteiger partial charge in [-0.15, -0.1) is 0 Å². The summed E-state index contributed by atoms with van der Waals surface area (Å²) in [7, 11) is 0. The van der Waals surface area contributed by atoms with Crippen LogP contribution in [0.3, 0.4) is 0 Å². The van der Waals surface area contributed by atoms with E-state index in [0.29, 0.717) is 24.2 Å². The molecule has 2 fully saturated rings. The van der Waals surface area contributed by atoms with Gasteiger partial charge in [0.05, 0.1) is 0 Å². The fourth-order valence-electron chi connectivity index (χ4n) is 4.28. The lowest BCUT2D eigenvalue weighted by Gasteiger charge is -2.28. The van der Waals surface area contributed by atoms with E-state index in [1.54, 1.807) is 0 Å². The van der Waals surface area contributed by atoms with Crippen molar-refractivity contribution in [1.29, 1.82) is 0 Å². The molecule has 142 valence electrons. The van der Waals surface area contributed by atoms with Crippen molar-refractivity contribution in [1.82, 2.24) is 16.0 Å². The van der Waals surface area contributed by atoms with Gasteiger partial charge >= 0.3 is 0 Å². The molecule has 4 nitrogen and oxygen atoms in total. The first-order chi connectivity index (χ1) is 11.5. The molecule has 0 spiro atoms. The standard InChI is InChI=1S/C20H42N4/c1-15(2)7-9-23-20-13-19(24-14-20)11-16(3)8-10-22-18-6-4-5-17(21)12-18/h15-20,22-24H,4-14,21H2,1-3H3. The lowest BCUT2D eigenvalue weighted by molar-refractivity contribution is 0.324. The smallest absolute Gasteiger partial charge is 0.0207 e. The molecule has 0 bridgehead atoms. The molecule has 5 atom stereocenters. The van der Waals surface area contributed by atoms with Crippen LogP contribution in [0.2, 0.25) is 0 Å². The molecule has 0 aromatic heterocycles. The summed E-state index contributed by atoms with van der Waals surface area (Å²) in [6.45, 7) is 10.5. The zero-order chi connectivity index (χ0) is 17.4. The van der Waals surface area contributed by atoms with Gasteiger partial charge in [-0.2, -0.15) is 0 Å². The molecule has 2 rings (SSSR count). The van der Waals surface area contributed by atoms with Crippen LogP contribution >= 0.6 is 0 Å². The Morgan fingerprint density at radius 1 is 1.00 bits per heavy atom. The highest BCUT2D eigenvalue weighted by atomic mass is 15.0. The van der Waals surface area contributed by atoms with Crippen molar-refractivity contribution in [2.24, 2.45) is 17.6 Å². The second-order valence-corrected chi connectivity index (χ2v) is 8.88. The molecular formula is C20H42N4. The Kier molecular flexibility index (Phi) is 9.02. The van der Waals surface area contributed by atoms with E-state index >= 15 is 0 Å². The van der Waals surface area contributed by atoms with Crippen LogP contribution < -0.4 is 21.7 Å². The molecule has 0 aromatic carbocycles. The van der Waals surface area contributed by atoms with Gasteiger partial charge in [0.15, 0.2) is 0 Å². The number of hydrogen-bond acceptors (Lipinski definition) is 4. The Morgan fingerprint density at radius 3 is 2.50 bits per heavy atom. The van der Waals surface area contributed by atoms with Crippen LogP contribution in [0.25, 0.3) is 0 Å². The van der Waals surface area contributed by atoms with Gasteiger partial charge in [0.1, 0.15) is 0 Å². The molecule has 1 aliphatic carbocycles. The van der Waals surface area contributed by atoms with Gasteiger partial charge in [-0.3, -0.25) is 0 Å². The van der Waals surface area contributed by atoms with E-state index in [9.17, 15) is 0 Å². The van der Waals surface area contributed by atoms with Gasteiger partial charge < -0.3 is 21.7 Å². The molecule has 5 N–H and O–H groups in total. The molecule has 5 unspecified atom stereocenters. The SMILES string of the molecule is CC(C)CCNC1CNC(CC(C)CCNC2CCCC(N)C2)C1. The summed E-state index contributed by atoms with van der Waals surface area (Å²) < 4.78 is 0. The lowest BCUT2D eigenvalue weighted by atomic mass is 9.91. The summed E-state index contributed by atoms with van der Waals surface area (Å²) in [6.07, 6.45) is 10.2. The highest BCUT2D eigenvalue weighted by Gasteiger charge is 2.25. The van der Waals surface area contributed by atoms with Crippen molar-refractivity contribution in [3.05, 3.63) is 0 Å². The quantitative estimate of drug-likeness (QED) is 0.494. The van der Waals surface area contributed by atoms with Gasteiger partial charge in [0.2, 0.25) is 0 Å². The van der Waals surface area contributed by atoms with Crippen molar-refractivity contribution in [3.63, 3.8) is 0 Å². The number of rotatable bonds is 10. The Bertz CT molecular complexity index is 334. The fourth-order valence-corrected chi connectivity index (χ4v) is 4.28. The molecule has 24 heavy (non-hydrogen) atoms. The normalized spacial score (nSPS) is 32.4. The van der Waals surface area contributed by atoms with Gasteiger partial charge in [-0.25, -0.2) is 0 Å². The average Bonchev–Trinajstić information content (AvgIpc) is 2.94. The second kappa shape index (κ2) is 10.7. The van der Waals surface area contributed by atoms with E-state index in [4.69, 9.17) is 5.73 Å². The van der Waals surface area contributed by atoms with E-state index in [1.165, 1.54) is 57.9 Å². The molecule has 1 aliphatic heterocycles. The van der Waals surface area contributed by atoms with Crippen molar-refractivity contribution >= 4 is 0 Å². The molecule has 0 amide bonds. The largest absolute Gasteiger partial charge is 0.328 e. The third-order valence-electron chi connectivity index (χ3n) is 5.85. The minimum atomic E-state index is 0.427. The zero-order valence-corrected chi connectivity index (χ0v) is 16.3. The number of hydrogen-bond donors (Lipinski definition) is 4. The third-order valence-corrected chi connectivity index (χ3v) is 5.85. The highest BCUT2D eigenvalue weighted by Crippen LogP contribution is 2.19.